The predicted octanol–water partition coefficient (Wildman–Crippen LogP) is 2.09. The summed E-state index contributed by atoms with van der Waals surface area (Å²) in [6, 6.07) is -0.714. The van der Waals surface area contributed by atoms with E-state index in [4.69, 9.17) is 0 Å². The number of carbonyl (C=O) groups excluding carboxylic acids is 1. The van der Waals surface area contributed by atoms with Crippen LogP contribution in [0.1, 0.15) is 47.5 Å². The summed E-state index contributed by atoms with van der Waals surface area (Å²) < 4.78 is 0. The second-order valence-electron chi connectivity index (χ2n) is 6.68. The number of rotatable bonds is 3. The van der Waals surface area contributed by atoms with E-state index in [1.165, 1.54) is 17.7 Å². The summed E-state index contributed by atoms with van der Waals surface area (Å²) in [5.41, 5.74) is 0.602. The number of hydrogen-bond donors (Lipinski definition) is 2. The molecule has 0 spiro atoms. The molecule has 1 aliphatic carbocycles. The van der Waals surface area contributed by atoms with Gasteiger partial charge in [0.1, 0.15) is 17.2 Å². The first-order chi connectivity index (χ1) is 12.1. The molecule has 2 aliphatic rings. The molecule has 2 aromatic heterocycles. The molecule has 1 aliphatic heterocycles. The maximum absolute atomic E-state index is 13.2. The normalized spacial score (nSPS) is 25.8. The van der Waals surface area contributed by atoms with Crippen molar-refractivity contribution in [1.29, 1.82) is 0 Å². The monoisotopic (exact) mass is 361 g/mol. The number of thiazole rings is 1. The van der Waals surface area contributed by atoms with E-state index in [9.17, 15) is 14.7 Å². The molecule has 1 saturated carbocycles. The average molecular weight is 361 g/mol. The summed E-state index contributed by atoms with van der Waals surface area (Å²) in [6.45, 7) is 1.77. The summed E-state index contributed by atoms with van der Waals surface area (Å²) in [7, 11) is 0. The highest BCUT2D eigenvalue weighted by molar-refractivity contribution is 7.17. The molecule has 2 N–H and O–H groups in total. The Labute approximate surface area is 148 Å². The zero-order valence-corrected chi connectivity index (χ0v) is 14.6. The number of aryl methyl sites for hydroxylation is 1. The van der Waals surface area contributed by atoms with Gasteiger partial charge in [0, 0.05) is 6.04 Å². The van der Waals surface area contributed by atoms with E-state index in [-0.39, 0.29) is 11.9 Å². The number of aromatic amines is 1. The molecule has 8 nitrogen and oxygen atoms in total. The SMILES string of the molecule is Cc1nc(-c2ncn[nH]2)sc1C(=O)N1[C@H](C(=O)O)C[C@H]2CCCC[C@@H]21. The van der Waals surface area contributed by atoms with Gasteiger partial charge in [0.2, 0.25) is 0 Å². The number of H-pyrrole nitrogens is 1. The molecule has 0 bridgehead atoms. The van der Waals surface area contributed by atoms with Crippen molar-refractivity contribution in [3.63, 3.8) is 0 Å². The molecular formula is C16H19N5O3S. The van der Waals surface area contributed by atoms with E-state index in [2.05, 4.69) is 20.2 Å². The lowest BCUT2D eigenvalue weighted by molar-refractivity contribution is -0.141. The molecule has 132 valence electrons. The number of carbonyl (C=O) groups is 2. The predicted molar refractivity (Wildman–Crippen MR) is 90.2 cm³/mol. The van der Waals surface area contributed by atoms with E-state index in [0.717, 1.165) is 25.7 Å². The highest BCUT2D eigenvalue weighted by Crippen LogP contribution is 2.41. The average Bonchev–Trinajstić information content (AvgIpc) is 3.31. The van der Waals surface area contributed by atoms with Gasteiger partial charge < -0.3 is 10.0 Å². The Morgan fingerprint density at radius 3 is 2.88 bits per heavy atom. The van der Waals surface area contributed by atoms with Crippen LogP contribution < -0.4 is 0 Å². The van der Waals surface area contributed by atoms with Crippen molar-refractivity contribution in [1.82, 2.24) is 25.1 Å². The minimum atomic E-state index is -0.916. The van der Waals surface area contributed by atoms with Crippen LogP contribution in [0, 0.1) is 12.8 Å². The Morgan fingerprint density at radius 1 is 1.36 bits per heavy atom. The third-order valence-corrected chi connectivity index (χ3v) is 6.37. The van der Waals surface area contributed by atoms with Crippen LogP contribution in [-0.4, -0.2) is 54.1 Å². The Hall–Kier alpha value is -2.29. The third kappa shape index (κ3) is 2.72. The number of carboxylic acid groups (broad SMARTS) is 1. The van der Waals surface area contributed by atoms with Crippen LogP contribution in [0.25, 0.3) is 10.8 Å². The zero-order chi connectivity index (χ0) is 17.6. The molecule has 4 rings (SSSR count). The van der Waals surface area contributed by atoms with Crippen LogP contribution in [0.15, 0.2) is 6.33 Å². The van der Waals surface area contributed by atoms with Crippen molar-refractivity contribution in [2.24, 2.45) is 5.92 Å². The summed E-state index contributed by atoms with van der Waals surface area (Å²) in [6.07, 6.45) is 5.99. The molecule has 3 heterocycles. The van der Waals surface area contributed by atoms with E-state index >= 15 is 0 Å². The standard InChI is InChI=1S/C16H19N5O3S/c1-8-12(25-14(19-8)13-17-7-18-20-13)15(22)21-10-5-3-2-4-9(10)6-11(21)16(23)24/h7,9-11H,2-6H2,1H3,(H,23,24)(H,17,18,20)/t9-,10+,11+/m1/s1. The number of hydrogen-bond acceptors (Lipinski definition) is 6. The Bertz CT molecular complexity index is 803. The van der Waals surface area contributed by atoms with Crippen LogP contribution in [-0.2, 0) is 4.79 Å². The van der Waals surface area contributed by atoms with Crippen molar-refractivity contribution >= 4 is 23.2 Å². The fraction of sp³-hybridized carbons (Fsp3) is 0.562. The molecule has 0 unspecified atom stereocenters. The number of aliphatic carboxylic acids is 1. The summed E-state index contributed by atoms with van der Waals surface area (Å²) in [4.78, 5) is 35.5. The number of nitrogens with one attached hydrogen (secondary N) is 1. The minimum Gasteiger partial charge on any atom is -0.480 e. The quantitative estimate of drug-likeness (QED) is 0.866. The number of carboxylic acids is 1. The fourth-order valence-corrected chi connectivity index (χ4v) is 5.05. The van der Waals surface area contributed by atoms with Crippen molar-refractivity contribution < 1.29 is 14.7 Å². The van der Waals surface area contributed by atoms with Gasteiger partial charge in [0.15, 0.2) is 10.8 Å². The topological polar surface area (TPSA) is 112 Å². The van der Waals surface area contributed by atoms with Gasteiger partial charge in [-0.25, -0.2) is 14.8 Å². The number of likely N-dealkylation sites (tertiary alicyclic amines) is 1. The van der Waals surface area contributed by atoms with Crippen LogP contribution in [0.3, 0.4) is 0 Å². The van der Waals surface area contributed by atoms with Gasteiger partial charge in [-0.15, -0.1) is 11.3 Å². The van der Waals surface area contributed by atoms with Gasteiger partial charge in [0.05, 0.1) is 5.69 Å². The van der Waals surface area contributed by atoms with Crippen molar-refractivity contribution in [3.05, 3.63) is 16.9 Å². The van der Waals surface area contributed by atoms with Crippen LogP contribution in [0.4, 0.5) is 0 Å². The van der Waals surface area contributed by atoms with E-state index in [1.807, 2.05) is 0 Å². The molecule has 2 aromatic rings. The Balaban J connectivity index is 1.68. The lowest BCUT2D eigenvalue weighted by Crippen LogP contribution is -2.46. The number of fused-ring (bicyclic) bond motifs is 1. The zero-order valence-electron chi connectivity index (χ0n) is 13.8. The first-order valence-corrected chi connectivity index (χ1v) is 9.26. The molecular weight excluding hydrogens is 342 g/mol. The minimum absolute atomic E-state index is 0.0255. The van der Waals surface area contributed by atoms with Crippen molar-refractivity contribution in [3.8, 4) is 10.8 Å². The molecule has 0 radical (unpaired) electrons. The largest absolute Gasteiger partial charge is 0.480 e. The maximum Gasteiger partial charge on any atom is 0.326 e. The molecule has 0 aromatic carbocycles. The highest BCUT2D eigenvalue weighted by Gasteiger charge is 2.48. The van der Waals surface area contributed by atoms with Crippen LogP contribution in [0.5, 0.6) is 0 Å². The second kappa shape index (κ2) is 6.21. The van der Waals surface area contributed by atoms with Crippen molar-refractivity contribution in [2.45, 2.75) is 51.1 Å². The summed E-state index contributed by atoms with van der Waals surface area (Å²) in [5, 5.41) is 16.8. The maximum atomic E-state index is 13.2. The van der Waals surface area contributed by atoms with Gasteiger partial charge in [-0.2, -0.15) is 5.10 Å². The fourth-order valence-electron chi connectivity index (χ4n) is 4.09. The summed E-state index contributed by atoms with van der Waals surface area (Å²) in [5.74, 6) is -0.331. The lowest BCUT2D eigenvalue weighted by Gasteiger charge is -2.32. The molecule has 25 heavy (non-hydrogen) atoms. The molecule has 3 atom stereocenters. The van der Waals surface area contributed by atoms with Crippen LogP contribution in [0.2, 0.25) is 0 Å². The van der Waals surface area contributed by atoms with Gasteiger partial charge in [-0.1, -0.05) is 12.8 Å². The first-order valence-electron chi connectivity index (χ1n) is 8.45. The Morgan fingerprint density at radius 2 is 2.16 bits per heavy atom. The van der Waals surface area contributed by atoms with Crippen LogP contribution >= 0.6 is 11.3 Å². The number of nitrogens with zero attached hydrogens (tertiary/aromatic N) is 4. The van der Waals surface area contributed by atoms with Gasteiger partial charge in [-0.05, 0) is 32.1 Å². The van der Waals surface area contributed by atoms with Gasteiger partial charge in [-0.3, -0.25) is 9.89 Å². The highest BCUT2D eigenvalue weighted by atomic mass is 32.1. The summed E-state index contributed by atoms with van der Waals surface area (Å²) >= 11 is 1.24. The first kappa shape index (κ1) is 16.2. The van der Waals surface area contributed by atoms with Gasteiger partial charge in [0.25, 0.3) is 5.91 Å². The van der Waals surface area contributed by atoms with E-state index in [1.54, 1.807) is 11.8 Å². The number of aromatic nitrogens is 4. The van der Waals surface area contributed by atoms with E-state index < -0.39 is 12.0 Å². The molecule has 1 saturated heterocycles. The smallest absolute Gasteiger partial charge is 0.326 e. The molecule has 1 amide bonds. The molecule has 2 fully saturated rings. The molecule has 9 heteroatoms. The van der Waals surface area contributed by atoms with E-state index in [0.29, 0.717) is 33.7 Å². The van der Waals surface area contributed by atoms with Gasteiger partial charge >= 0.3 is 5.97 Å². The third-order valence-electron chi connectivity index (χ3n) is 5.22. The lowest BCUT2D eigenvalue weighted by atomic mass is 9.85. The van der Waals surface area contributed by atoms with Crippen molar-refractivity contribution in [2.75, 3.05) is 0 Å². The second-order valence-corrected chi connectivity index (χ2v) is 7.68. The Kier molecular flexibility index (Phi) is 4.03. The number of amides is 1.